The second kappa shape index (κ2) is 10.7. The van der Waals surface area contributed by atoms with Crippen molar-refractivity contribution in [2.45, 2.75) is 64.6 Å². The van der Waals surface area contributed by atoms with Crippen molar-refractivity contribution >= 4 is 22.8 Å². The lowest BCUT2D eigenvalue weighted by atomic mass is 9.56. The lowest BCUT2D eigenvalue weighted by Crippen LogP contribution is -2.48. The fourth-order valence-electron chi connectivity index (χ4n) is 6.60. The molecule has 39 heavy (non-hydrogen) atoms. The average Bonchev–Trinajstić information content (AvgIpc) is 3.39. The molecule has 2 heterocycles. The number of H-pyrrole nitrogens is 1. The molecule has 8 heteroatoms. The first-order valence-electron chi connectivity index (χ1n) is 13.6. The largest absolute Gasteiger partial charge is 0.496 e. The van der Waals surface area contributed by atoms with E-state index in [9.17, 15) is 14.9 Å². The van der Waals surface area contributed by atoms with Crippen LogP contribution in [0.15, 0.2) is 42.6 Å². The number of carboxylic acid groups (broad SMARTS) is 1. The van der Waals surface area contributed by atoms with Crippen LogP contribution in [0.3, 0.4) is 0 Å². The summed E-state index contributed by atoms with van der Waals surface area (Å²) < 4.78 is 5.83. The van der Waals surface area contributed by atoms with Gasteiger partial charge in [0, 0.05) is 52.8 Å². The lowest BCUT2D eigenvalue weighted by Gasteiger charge is -2.53. The molecule has 1 aliphatic carbocycles. The second-order valence-electron chi connectivity index (χ2n) is 11.4. The molecule has 2 aliphatic rings. The number of ether oxygens (including phenoxy) is 1. The first kappa shape index (κ1) is 26.8. The van der Waals surface area contributed by atoms with Gasteiger partial charge < -0.3 is 20.1 Å². The van der Waals surface area contributed by atoms with Gasteiger partial charge in [-0.15, -0.1) is 0 Å². The third-order valence-electron chi connectivity index (χ3n) is 8.65. The fraction of sp³-hybridized carbons (Fsp3) is 0.452. The number of carboxylic acids is 1. The zero-order valence-corrected chi connectivity index (χ0v) is 22.8. The summed E-state index contributed by atoms with van der Waals surface area (Å²) in [5, 5.41) is 22.4. The van der Waals surface area contributed by atoms with Gasteiger partial charge in [-0.2, -0.15) is 5.26 Å². The Balaban J connectivity index is 1.42. The highest BCUT2D eigenvalue weighted by atomic mass is 16.5. The fourth-order valence-corrected chi connectivity index (χ4v) is 6.60. The van der Waals surface area contributed by atoms with Crippen LogP contribution in [-0.4, -0.2) is 46.6 Å². The zero-order valence-electron chi connectivity index (χ0n) is 22.8. The molecule has 1 spiro atoms. The molecular formula is C31H36N4O4. The summed E-state index contributed by atoms with van der Waals surface area (Å²) in [5.74, 6) is -0.189. The topological polar surface area (TPSA) is 118 Å². The number of nitriles is 1. The molecule has 3 aromatic rings. The van der Waals surface area contributed by atoms with E-state index < -0.39 is 12.0 Å². The van der Waals surface area contributed by atoms with Gasteiger partial charge in [-0.05, 0) is 86.9 Å². The standard InChI is InChI=1S/C31H36N4O4/c1-19-12-27(39-3)25(24-8-10-33-29(19)24)18-35-11-9-31(14-21(15-31)17-32)16-26(35)22-4-6-23(7-5-22)30(38)34-20(2)13-28(36)37/h4-8,10,12,20-21,26,33H,9,11,13-16,18H2,1-3H3,(H,34,38)(H,36,37)/t20-,21?,26+,31?/m1/s1. The van der Waals surface area contributed by atoms with Crippen LogP contribution in [0.4, 0.5) is 0 Å². The van der Waals surface area contributed by atoms with E-state index in [4.69, 9.17) is 9.84 Å². The summed E-state index contributed by atoms with van der Waals surface area (Å²) in [4.78, 5) is 29.5. The molecule has 3 N–H and O–H groups in total. The van der Waals surface area contributed by atoms with Crippen molar-refractivity contribution in [3.8, 4) is 11.8 Å². The van der Waals surface area contributed by atoms with Gasteiger partial charge in [0.1, 0.15) is 5.75 Å². The molecule has 1 amide bonds. The summed E-state index contributed by atoms with van der Waals surface area (Å²) in [7, 11) is 1.72. The number of hydrogen-bond acceptors (Lipinski definition) is 5. The van der Waals surface area contributed by atoms with Crippen molar-refractivity contribution < 1.29 is 19.4 Å². The van der Waals surface area contributed by atoms with Crippen molar-refractivity contribution in [2.75, 3.05) is 13.7 Å². The minimum Gasteiger partial charge on any atom is -0.496 e. The highest BCUT2D eigenvalue weighted by Crippen LogP contribution is 2.56. The first-order chi connectivity index (χ1) is 18.7. The zero-order chi connectivity index (χ0) is 27.7. The summed E-state index contributed by atoms with van der Waals surface area (Å²) in [6.45, 7) is 5.42. The molecule has 0 radical (unpaired) electrons. The van der Waals surface area contributed by atoms with E-state index in [0.717, 1.165) is 66.7 Å². The van der Waals surface area contributed by atoms with Crippen LogP contribution in [-0.2, 0) is 11.3 Å². The molecule has 5 rings (SSSR count). The van der Waals surface area contributed by atoms with Crippen LogP contribution in [0.25, 0.3) is 10.9 Å². The smallest absolute Gasteiger partial charge is 0.305 e. The van der Waals surface area contributed by atoms with E-state index in [1.54, 1.807) is 14.0 Å². The van der Waals surface area contributed by atoms with Crippen LogP contribution in [0.5, 0.6) is 5.75 Å². The Hall–Kier alpha value is -3.83. The summed E-state index contributed by atoms with van der Waals surface area (Å²) in [5.41, 5.74) is 5.26. The Bertz CT molecular complexity index is 1410. The Labute approximate surface area is 229 Å². The molecule has 1 saturated carbocycles. The third-order valence-corrected chi connectivity index (χ3v) is 8.65. The summed E-state index contributed by atoms with van der Waals surface area (Å²) >= 11 is 0. The van der Waals surface area contributed by atoms with E-state index >= 15 is 0 Å². The predicted molar refractivity (Wildman–Crippen MR) is 148 cm³/mol. The van der Waals surface area contributed by atoms with Crippen molar-refractivity contribution in [3.05, 3.63) is 64.8 Å². The van der Waals surface area contributed by atoms with Crippen molar-refractivity contribution in [2.24, 2.45) is 11.3 Å². The number of methoxy groups -OCH3 is 1. The van der Waals surface area contributed by atoms with E-state index in [2.05, 4.69) is 40.3 Å². The Morgan fingerprint density at radius 3 is 2.67 bits per heavy atom. The van der Waals surface area contributed by atoms with Crippen molar-refractivity contribution in [3.63, 3.8) is 0 Å². The minimum atomic E-state index is -0.943. The van der Waals surface area contributed by atoms with Gasteiger partial charge >= 0.3 is 5.97 Å². The molecule has 2 atom stereocenters. The van der Waals surface area contributed by atoms with Crippen LogP contribution in [0.1, 0.15) is 72.1 Å². The molecular weight excluding hydrogens is 492 g/mol. The van der Waals surface area contributed by atoms with E-state index in [0.29, 0.717) is 5.56 Å². The number of aromatic nitrogens is 1. The Morgan fingerprint density at radius 1 is 1.26 bits per heavy atom. The van der Waals surface area contributed by atoms with Gasteiger partial charge in [-0.25, -0.2) is 0 Å². The SMILES string of the molecule is COc1cc(C)c2[nH]ccc2c1CN1CCC2(CC(C#N)C2)C[C@H]1c1ccc(C(=O)N[C@H](C)CC(=O)O)cc1. The second-order valence-corrected chi connectivity index (χ2v) is 11.4. The monoisotopic (exact) mass is 528 g/mol. The summed E-state index contributed by atoms with van der Waals surface area (Å²) in [6, 6.07) is 14.0. The number of aryl methyl sites for hydroxylation is 1. The maximum absolute atomic E-state index is 12.7. The molecule has 1 aromatic heterocycles. The van der Waals surface area contributed by atoms with Gasteiger partial charge in [-0.1, -0.05) is 12.1 Å². The quantitative estimate of drug-likeness (QED) is 0.363. The van der Waals surface area contributed by atoms with E-state index in [1.807, 2.05) is 30.5 Å². The van der Waals surface area contributed by atoms with Crippen LogP contribution in [0, 0.1) is 29.6 Å². The number of carbonyl (C=O) groups excluding carboxylic acids is 1. The third kappa shape index (κ3) is 5.37. The molecule has 1 saturated heterocycles. The number of carbonyl (C=O) groups is 2. The number of likely N-dealkylation sites (tertiary alicyclic amines) is 1. The number of nitrogens with one attached hydrogen (secondary N) is 2. The Kier molecular flexibility index (Phi) is 7.37. The molecule has 2 aromatic carbocycles. The number of aliphatic carboxylic acids is 1. The van der Waals surface area contributed by atoms with Crippen LogP contribution >= 0.6 is 0 Å². The van der Waals surface area contributed by atoms with Gasteiger partial charge in [-0.3, -0.25) is 14.5 Å². The van der Waals surface area contributed by atoms with E-state index in [-0.39, 0.29) is 29.7 Å². The molecule has 204 valence electrons. The van der Waals surface area contributed by atoms with Gasteiger partial charge in [0.15, 0.2) is 0 Å². The Morgan fingerprint density at radius 2 is 2.00 bits per heavy atom. The number of nitrogens with zero attached hydrogens (tertiary/aromatic N) is 2. The number of amides is 1. The summed E-state index contributed by atoms with van der Waals surface area (Å²) in [6.07, 6.45) is 5.78. The number of benzene rings is 2. The predicted octanol–water partition coefficient (Wildman–Crippen LogP) is 5.34. The highest BCUT2D eigenvalue weighted by Gasteiger charge is 2.49. The van der Waals surface area contributed by atoms with Gasteiger partial charge in [0.2, 0.25) is 0 Å². The molecule has 8 nitrogen and oxygen atoms in total. The molecule has 1 aliphatic heterocycles. The maximum Gasteiger partial charge on any atom is 0.305 e. The van der Waals surface area contributed by atoms with Crippen molar-refractivity contribution in [1.29, 1.82) is 5.26 Å². The normalized spacial score (nSPS) is 23.6. The van der Waals surface area contributed by atoms with Crippen LogP contribution < -0.4 is 10.1 Å². The molecule has 0 unspecified atom stereocenters. The maximum atomic E-state index is 12.7. The average molecular weight is 529 g/mol. The van der Waals surface area contributed by atoms with E-state index in [1.165, 1.54) is 5.39 Å². The number of hydrogen-bond donors (Lipinski definition) is 3. The molecule has 2 fully saturated rings. The number of rotatable bonds is 8. The van der Waals surface area contributed by atoms with Gasteiger partial charge in [0.25, 0.3) is 5.91 Å². The number of piperidine rings is 1. The number of aromatic amines is 1. The van der Waals surface area contributed by atoms with Gasteiger partial charge in [0.05, 0.1) is 19.6 Å². The lowest BCUT2D eigenvalue weighted by molar-refractivity contribution is -0.137. The van der Waals surface area contributed by atoms with Crippen molar-refractivity contribution in [1.82, 2.24) is 15.2 Å². The highest BCUT2D eigenvalue weighted by molar-refractivity contribution is 5.94. The first-order valence-corrected chi connectivity index (χ1v) is 13.6. The number of fused-ring (bicyclic) bond motifs is 1. The van der Waals surface area contributed by atoms with Crippen LogP contribution in [0.2, 0.25) is 0 Å². The minimum absolute atomic E-state index is 0.122. The molecule has 0 bridgehead atoms.